The molecule has 0 amide bonds. The Labute approximate surface area is 143 Å². The summed E-state index contributed by atoms with van der Waals surface area (Å²) in [5.41, 5.74) is 7.58. The minimum Gasteiger partial charge on any atom is -0.489 e. The lowest BCUT2D eigenvalue weighted by atomic mass is 10.0. The summed E-state index contributed by atoms with van der Waals surface area (Å²) >= 11 is 0. The van der Waals surface area contributed by atoms with Gasteiger partial charge in [-0.25, -0.2) is 0 Å². The average Bonchev–Trinajstić information content (AvgIpc) is 2.52. The molecule has 0 fully saturated rings. The quantitative estimate of drug-likeness (QED) is 0.815. The largest absolute Gasteiger partial charge is 0.489 e. The maximum Gasteiger partial charge on any atom is 0.308 e. The molecule has 1 unspecified atom stereocenters. The lowest BCUT2D eigenvalue weighted by Crippen LogP contribution is -2.26. The second-order valence-electron chi connectivity index (χ2n) is 6.74. The van der Waals surface area contributed by atoms with Crippen LogP contribution < -0.4 is 10.5 Å². The first-order valence-electron chi connectivity index (χ1n) is 8.07. The van der Waals surface area contributed by atoms with E-state index in [0.29, 0.717) is 6.61 Å². The summed E-state index contributed by atoms with van der Waals surface area (Å²) in [7, 11) is 0. The third-order valence-electron chi connectivity index (χ3n) is 3.34. The van der Waals surface area contributed by atoms with E-state index >= 15 is 0 Å². The Morgan fingerprint density at radius 1 is 1.08 bits per heavy atom. The van der Waals surface area contributed by atoms with Gasteiger partial charge in [0.2, 0.25) is 0 Å². The van der Waals surface area contributed by atoms with Gasteiger partial charge in [-0.2, -0.15) is 0 Å². The summed E-state index contributed by atoms with van der Waals surface area (Å²) in [6.45, 7) is 6.02. The van der Waals surface area contributed by atoms with Crippen molar-refractivity contribution in [2.45, 2.75) is 45.4 Å². The summed E-state index contributed by atoms with van der Waals surface area (Å²) in [5.74, 6) is 0.432. The minimum atomic E-state index is -0.503. The van der Waals surface area contributed by atoms with Crippen LogP contribution in [0, 0.1) is 0 Å². The predicted molar refractivity (Wildman–Crippen MR) is 94.6 cm³/mol. The molecule has 0 aliphatic rings. The van der Waals surface area contributed by atoms with Gasteiger partial charge in [-0.3, -0.25) is 4.79 Å². The second-order valence-corrected chi connectivity index (χ2v) is 6.74. The molecule has 1 atom stereocenters. The van der Waals surface area contributed by atoms with E-state index in [9.17, 15) is 4.79 Å². The summed E-state index contributed by atoms with van der Waals surface area (Å²) in [6.07, 6.45) is 0.138. The number of esters is 1. The first kappa shape index (κ1) is 18.0. The van der Waals surface area contributed by atoms with Crippen molar-refractivity contribution in [2.24, 2.45) is 5.73 Å². The van der Waals surface area contributed by atoms with Crippen LogP contribution in [0.25, 0.3) is 0 Å². The van der Waals surface area contributed by atoms with Gasteiger partial charge in [-0.05, 0) is 44.0 Å². The van der Waals surface area contributed by atoms with E-state index in [1.165, 1.54) is 0 Å². The standard InChI is InChI=1S/C20H25NO3/c1-20(2,3)24-19(22)13-18(21)16-10-7-11-17(12-16)23-14-15-8-5-4-6-9-15/h4-12,18H,13-14,21H2,1-3H3. The molecular weight excluding hydrogens is 302 g/mol. The predicted octanol–water partition coefficient (Wildman–Crippen LogP) is 4.00. The van der Waals surface area contributed by atoms with E-state index in [4.69, 9.17) is 15.2 Å². The number of ether oxygens (including phenoxy) is 2. The fourth-order valence-corrected chi connectivity index (χ4v) is 2.26. The van der Waals surface area contributed by atoms with Crippen molar-refractivity contribution >= 4 is 5.97 Å². The van der Waals surface area contributed by atoms with Crippen LogP contribution in [0.15, 0.2) is 54.6 Å². The van der Waals surface area contributed by atoms with Gasteiger partial charge in [0.05, 0.1) is 6.42 Å². The van der Waals surface area contributed by atoms with Gasteiger partial charge < -0.3 is 15.2 Å². The molecule has 2 N–H and O–H groups in total. The van der Waals surface area contributed by atoms with Gasteiger partial charge in [0.15, 0.2) is 0 Å². The van der Waals surface area contributed by atoms with Gasteiger partial charge in [0.1, 0.15) is 18.0 Å². The SMILES string of the molecule is CC(C)(C)OC(=O)CC(N)c1cccc(OCc2ccccc2)c1. The molecule has 0 aromatic heterocycles. The smallest absolute Gasteiger partial charge is 0.308 e. The normalized spacial score (nSPS) is 12.5. The van der Waals surface area contributed by atoms with Gasteiger partial charge in [-0.1, -0.05) is 42.5 Å². The molecule has 0 heterocycles. The van der Waals surface area contributed by atoms with E-state index in [1.807, 2.05) is 75.4 Å². The Hall–Kier alpha value is -2.33. The number of benzene rings is 2. The van der Waals surface area contributed by atoms with E-state index in [-0.39, 0.29) is 12.4 Å². The van der Waals surface area contributed by atoms with Crippen LogP contribution in [0.4, 0.5) is 0 Å². The summed E-state index contributed by atoms with van der Waals surface area (Å²) in [6, 6.07) is 17.1. The molecule has 2 aromatic rings. The number of nitrogens with two attached hydrogens (primary N) is 1. The third kappa shape index (κ3) is 6.05. The Balaban J connectivity index is 1.95. The van der Waals surface area contributed by atoms with Crippen LogP contribution in [0.1, 0.15) is 44.4 Å². The Morgan fingerprint density at radius 2 is 1.79 bits per heavy atom. The summed E-state index contributed by atoms with van der Waals surface area (Å²) < 4.78 is 11.1. The summed E-state index contributed by atoms with van der Waals surface area (Å²) in [4.78, 5) is 11.9. The van der Waals surface area contributed by atoms with Crippen LogP contribution in [0.3, 0.4) is 0 Å². The number of carbonyl (C=O) groups excluding carboxylic acids is 1. The molecule has 4 heteroatoms. The molecule has 2 rings (SSSR count). The van der Waals surface area contributed by atoms with Crippen molar-refractivity contribution in [3.63, 3.8) is 0 Å². The Kier molecular flexibility index (Phi) is 5.99. The molecule has 24 heavy (non-hydrogen) atoms. The zero-order chi connectivity index (χ0) is 17.6. The summed E-state index contributed by atoms with van der Waals surface area (Å²) in [5, 5.41) is 0. The van der Waals surface area contributed by atoms with Crippen LogP contribution in [-0.4, -0.2) is 11.6 Å². The third-order valence-corrected chi connectivity index (χ3v) is 3.34. The van der Waals surface area contributed by atoms with Crippen molar-refractivity contribution in [1.29, 1.82) is 0 Å². The number of hydrogen-bond donors (Lipinski definition) is 1. The molecule has 0 aliphatic carbocycles. The maximum absolute atomic E-state index is 11.9. The number of hydrogen-bond acceptors (Lipinski definition) is 4. The van der Waals surface area contributed by atoms with Crippen LogP contribution in [0.2, 0.25) is 0 Å². The fraction of sp³-hybridized carbons (Fsp3) is 0.350. The molecule has 2 aromatic carbocycles. The molecule has 0 spiro atoms. The fourth-order valence-electron chi connectivity index (χ4n) is 2.26. The van der Waals surface area contributed by atoms with Crippen LogP contribution >= 0.6 is 0 Å². The molecule has 0 aliphatic heterocycles. The van der Waals surface area contributed by atoms with Crippen LogP contribution in [-0.2, 0) is 16.1 Å². The lowest BCUT2D eigenvalue weighted by Gasteiger charge is -2.21. The van der Waals surface area contributed by atoms with Crippen molar-refractivity contribution in [2.75, 3.05) is 0 Å². The van der Waals surface area contributed by atoms with E-state index in [1.54, 1.807) is 0 Å². The lowest BCUT2D eigenvalue weighted by molar-refractivity contribution is -0.155. The van der Waals surface area contributed by atoms with Crippen molar-refractivity contribution in [3.8, 4) is 5.75 Å². The molecule has 0 radical (unpaired) electrons. The molecular formula is C20H25NO3. The molecule has 0 bridgehead atoms. The van der Waals surface area contributed by atoms with Gasteiger partial charge in [0.25, 0.3) is 0 Å². The monoisotopic (exact) mass is 327 g/mol. The molecule has 128 valence electrons. The van der Waals surface area contributed by atoms with Crippen molar-refractivity contribution < 1.29 is 14.3 Å². The molecule has 0 saturated heterocycles. The highest BCUT2D eigenvalue weighted by molar-refractivity contribution is 5.71. The van der Waals surface area contributed by atoms with E-state index in [0.717, 1.165) is 16.9 Å². The number of rotatable bonds is 6. The van der Waals surface area contributed by atoms with Crippen LogP contribution in [0.5, 0.6) is 5.75 Å². The zero-order valence-electron chi connectivity index (χ0n) is 14.5. The van der Waals surface area contributed by atoms with E-state index < -0.39 is 11.6 Å². The first-order valence-corrected chi connectivity index (χ1v) is 8.07. The van der Waals surface area contributed by atoms with Gasteiger partial charge in [-0.15, -0.1) is 0 Å². The Morgan fingerprint density at radius 3 is 2.46 bits per heavy atom. The maximum atomic E-state index is 11.9. The first-order chi connectivity index (χ1) is 11.3. The average molecular weight is 327 g/mol. The van der Waals surface area contributed by atoms with Gasteiger partial charge >= 0.3 is 5.97 Å². The highest BCUT2D eigenvalue weighted by atomic mass is 16.6. The topological polar surface area (TPSA) is 61.5 Å². The van der Waals surface area contributed by atoms with Crippen molar-refractivity contribution in [3.05, 3.63) is 65.7 Å². The number of carbonyl (C=O) groups is 1. The highest BCUT2D eigenvalue weighted by Gasteiger charge is 2.19. The highest BCUT2D eigenvalue weighted by Crippen LogP contribution is 2.22. The van der Waals surface area contributed by atoms with Crippen molar-refractivity contribution in [1.82, 2.24) is 0 Å². The zero-order valence-corrected chi connectivity index (χ0v) is 14.5. The van der Waals surface area contributed by atoms with E-state index in [2.05, 4.69) is 0 Å². The molecule has 0 saturated carbocycles. The van der Waals surface area contributed by atoms with Gasteiger partial charge in [0, 0.05) is 6.04 Å². The Bertz CT molecular complexity index is 662. The second kappa shape index (κ2) is 7.97. The molecule has 4 nitrogen and oxygen atoms in total. The minimum absolute atomic E-state index is 0.138.